The topological polar surface area (TPSA) is 58.2 Å². The van der Waals surface area contributed by atoms with Crippen LogP contribution in [0.2, 0.25) is 5.02 Å². The van der Waals surface area contributed by atoms with Crippen LogP contribution in [0.4, 0.5) is 13.2 Å². The summed E-state index contributed by atoms with van der Waals surface area (Å²) in [6.45, 7) is 1.05. The second-order valence-corrected chi connectivity index (χ2v) is 7.27. The van der Waals surface area contributed by atoms with E-state index in [4.69, 9.17) is 11.6 Å². The maximum atomic E-state index is 12.7. The van der Waals surface area contributed by atoms with Crippen LogP contribution in [-0.4, -0.2) is 27.5 Å². The van der Waals surface area contributed by atoms with Crippen molar-refractivity contribution in [1.29, 1.82) is 0 Å². The van der Waals surface area contributed by atoms with Crippen molar-refractivity contribution in [1.82, 2.24) is 10.0 Å². The van der Waals surface area contributed by atoms with Crippen molar-refractivity contribution in [3.63, 3.8) is 0 Å². The standard InChI is InChI=1S/C13H16ClF3N2O2S/c14-11-4-3-9(13(15,16)17)8-12(11)22(20,21)19-7-5-10-2-1-6-18-10/h3-4,8,10,18-19H,1-2,5-7H2/t10-/m1/s1. The van der Waals surface area contributed by atoms with Crippen LogP contribution in [0.5, 0.6) is 0 Å². The summed E-state index contributed by atoms with van der Waals surface area (Å²) in [5.41, 5.74) is -1.05. The molecule has 1 aromatic rings. The van der Waals surface area contributed by atoms with E-state index >= 15 is 0 Å². The summed E-state index contributed by atoms with van der Waals surface area (Å²) in [5.74, 6) is 0. The van der Waals surface area contributed by atoms with E-state index in [0.717, 1.165) is 31.5 Å². The normalized spacial score (nSPS) is 19.5. The summed E-state index contributed by atoms with van der Waals surface area (Å²) in [6.07, 6.45) is -2.04. The Morgan fingerprint density at radius 2 is 2.09 bits per heavy atom. The summed E-state index contributed by atoms with van der Waals surface area (Å²) < 4.78 is 64.6. The van der Waals surface area contributed by atoms with E-state index in [1.807, 2.05) is 0 Å². The SMILES string of the molecule is O=S(=O)(NCC[C@H]1CCCN1)c1cc(C(F)(F)F)ccc1Cl. The number of halogens is 4. The predicted octanol–water partition coefficient (Wildman–Crippen LogP) is 2.78. The lowest BCUT2D eigenvalue weighted by atomic mass is 10.2. The largest absolute Gasteiger partial charge is 0.416 e. The molecule has 22 heavy (non-hydrogen) atoms. The zero-order valence-electron chi connectivity index (χ0n) is 11.6. The quantitative estimate of drug-likeness (QED) is 0.853. The van der Waals surface area contributed by atoms with Gasteiger partial charge in [0.2, 0.25) is 10.0 Å². The van der Waals surface area contributed by atoms with Crippen LogP contribution in [0.3, 0.4) is 0 Å². The molecule has 0 bridgehead atoms. The van der Waals surface area contributed by atoms with Crippen LogP contribution in [0.1, 0.15) is 24.8 Å². The number of rotatable bonds is 5. The summed E-state index contributed by atoms with van der Waals surface area (Å²) >= 11 is 5.74. The lowest BCUT2D eigenvalue weighted by Gasteiger charge is -2.13. The van der Waals surface area contributed by atoms with Crippen molar-refractivity contribution in [2.24, 2.45) is 0 Å². The van der Waals surface area contributed by atoms with Crippen molar-refractivity contribution in [2.45, 2.75) is 36.4 Å². The van der Waals surface area contributed by atoms with Crippen molar-refractivity contribution in [3.8, 4) is 0 Å². The van der Waals surface area contributed by atoms with Crippen molar-refractivity contribution in [3.05, 3.63) is 28.8 Å². The van der Waals surface area contributed by atoms with Crippen molar-refractivity contribution >= 4 is 21.6 Å². The highest BCUT2D eigenvalue weighted by molar-refractivity contribution is 7.89. The number of hydrogen-bond donors (Lipinski definition) is 2. The fourth-order valence-corrected chi connectivity index (χ4v) is 3.91. The molecule has 1 heterocycles. The maximum Gasteiger partial charge on any atom is 0.416 e. The molecular weight excluding hydrogens is 341 g/mol. The molecule has 0 aromatic heterocycles. The van der Waals surface area contributed by atoms with E-state index in [1.165, 1.54) is 0 Å². The minimum Gasteiger partial charge on any atom is -0.314 e. The molecule has 1 aliphatic heterocycles. The highest BCUT2D eigenvalue weighted by Gasteiger charge is 2.32. The summed E-state index contributed by atoms with van der Waals surface area (Å²) in [7, 11) is -4.08. The highest BCUT2D eigenvalue weighted by atomic mass is 35.5. The van der Waals surface area contributed by atoms with Crippen LogP contribution < -0.4 is 10.0 Å². The number of alkyl halides is 3. The van der Waals surface area contributed by atoms with Crippen molar-refractivity contribution < 1.29 is 21.6 Å². The molecule has 1 aliphatic rings. The smallest absolute Gasteiger partial charge is 0.314 e. The second kappa shape index (κ2) is 6.74. The molecule has 0 radical (unpaired) electrons. The summed E-state index contributed by atoms with van der Waals surface area (Å²) in [5, 5.41) is 2.98. The zero-order valence-corrected chi connectivity index (χ0v) is 13.2. The molecule has 9 heteroatoms. The lowest BCUT2D eigenvalue weighted by molar-refractivity contribution is -0.137. The third-order valence-electron chi connectivity index (χ3n) is 3.50. The number of hydrogen-bond acceptors (Lipinski definition) is 3. The van der Waals surface area contributed by atoms with Crippen LogP contribution in [0.25, 0.3) is 0 Å². The van der Waals surface area contributed by atoms with Crippen LogP contribution in [0, 0.1) is 0 Å². The third kappa shape index (κ3) is 4.34. The first-order valence-electron chi connectivity index (χ1n) is 6.80. The van der Waals surface area contributed by atoms with Gasteiger partial charge in [0.25, 0.3) is 0 Å². The first kappa shape index (κ1) is 17.5. The third-order valence-corrected chi connectivity index (χ3v) is 5.44. The van der Waals surface area contributed by atoms with Gasteiger partial charge >= 0.3 is 6.18 Å². The predicted molar refractivity (Wildman–Crippen MR) is 77.3 cm³/mol. The van der Waals surface area contributed by atoms with E-state index in [9.17, 15) is 21.6 Å². The molecule has 2 rings (SSSR count). The molecule has 124 valence electrons. The molecule has 0 aliphatic carbocycles. The van der Waals surface area contributed by atoms with Gasteiger partial charge in [-0.3, -0.25) is 0 Å². The van der Waals surface area contributed by atoms with E-state index in [0.29, 0.717) is 12.5 Å². The second-order valence-electron chi connectivity index (χ2n) is 5.12. The number of benzene rings is 1. The fraction of sp³-hybridized carbons (Fsp3) is 0.538. The maximum absolute atomic E-state index is 12.7. The van der Waals surface area contributed by atoms with Gasteiger partial charge in [0.15, 0.2) is 0 Å². The molecule has 1 atom stereocenters. The van der Waals surface area contributed by atoms with E-state index in [2.05, 4.69) is 10.0 Å². The molecular formula is C13H16ClF3N2O2S. The summed E-state index contributed by atoms with van der Waals surface area (Å²) in [6, 6.07) is 2.49. The molecule has 4 nitrogen and oxygen atoms in total. The minimum absolute atomic E-state index is 0.145. The molecule has 1 saturated heterocycles. The Labute approximate surface area is 132 Å². The Bertz CT molecular complexity index is 629. The van der Waals surface area contributed by atoms with Gasteiger partial charge in [0.05, 0.1) is 10.6 Å². The summed E-state index contributed by atoms with van der Waals surface area (Å²) in [4.78, 5) is -0.552. The Hall–Kier alpha value is -0.830. The van der Waals surface area contributed by atoms with Gasteiger partial charge in [-0.05, 0) is 44.0 Å². The lowest BCUT2D eigenvalue weighted by Crippen LogP contribution is -2.31. The van der Waals surface area contributed by atoms with Gasteiger partial charge in [0, 0.05) is 12.6 Å². The zero-order chi connectivity index (χ0) is 16.4. The molecule has 0 amide bonds. The van der Waals surface area contributed by atoms with Gasteiger partial charge in [-0.15, -0.1) is 0 Å². The van der Waals surface area contributed by atoms with Crippen LogP contribution >= 0.6 is 11.6 Å². The molecule has 2 N–H and O–H groups in total. The van der Waals surface area contributed by atoms with Crippen LogP contribution in [-0.2, 0) is 16.2 Å². The molecule has 1 fully saturated rings. The van der Waals surface area contributed by atoms with Gasteiger partial charge in [-0.1, -0.05) is 11.6 Å². The van der Waals surface area contributed by atoms with Crippen molar-refractivity contribution in [2.75, 3.05) is 13.1 Å². The Morgan fingerprint density at radius 3 is 2.68 bits per heavy atom. The highest BCUT2D eigenvalue weighted by Crippen LogP contribution is 2.33. The fourth-order valence-electron chi connectivity index (χ4n) is 2.33. The van der Waals surface area contributed by atoms with Crippen LogP contribution in [0.15, 0.2) is 23.1 Å². The van der Waals surface area contributed by atoms with E-state index < -0.39 is 26.7 Å². The number of nitrogens with one attached hydrogen (secondary N) is 2. The molecule has 0 saturated carbocycles. The average Bonchev–Trinajstić information content (AvgIpc) is 2.90. The van der Waals surface area contributed by atoms with Gasteiger partial charge in [-0.25, -0.2) is 13.1 Å². The van der Waals surface area contributed by atoms with E-state index in [1.54, 1.807) is 0 Å². The van der Waals surface area contributed by atoms with Gasteiger partial charge < -0.3 is 5.32 Å². The minimum atomic E-state index is -4.62. The Balaban J connectivity index is 2.10. The molecule has 0 unspecified atom stereocenters. The first-order valence-corrected chi connectivity index (χ1v) is 8.66. The molecule has 0 spiro atoms. The average molecular weight is 357 g/mol. The van der Waals surface area contributed by atoms with Gasteiger partial charge in [0.1, 0.15) is 4.90 Å². The molecule has 1 aromatic carbocycles. The van der Waals surface area contributed by atoms with Gasteiger partial charge in [-0.2, -0.15) is 13.2 Å². The Kier molecular flexibility index (Phi) is 5.37. The number of sulfonamides is 1. The Morgan fingerprint density at radius 1 is 1.36 bits per heavy atom. The monoisotopic (exact) mass is 356 g/mol. The van der Waals surface area contributed by atoms with E-state index in [-0.39, 0.29) is 17.6 Å². The first-order chi connectivity index (χ1) is 10.2.